The lowest BCUT2D eigenvalue weighted by Gasteiger charge is -2.08. The van der Waals surface area contributed by atoms with Gasteiger partial charge in [0.25, 0.3) is 5.91 Å². The number of carbonyl (C=O) groups excluding carboxylic acids is 1. The summed E-state index contributed by atoms with van der Waals surface area (Å²) in [4.78, 5) is 12.3. The molecule has 0 aliphatic heterocycles. The summed E-state index contributed by atoms with van der Waals surface area (Å²) in [5.74, 6) is 0.319. The van der Waals surface area contributed by atoms with E-state index in [9.17, 15) is 10.1 Å². The van der Waals surface area contributed by atoms with Crippen LogP contribution in [0.5, 0.6) is 5.75 Å². The first kappa shape index (κ1) is 17.8. The van der Waals surface area contributed by atoms with Crippen LogP contribution >= 0.6 is 15.9 Å². The number of anilines is 1. The Hall–Kier alpha value is -2.58. The van der Waals surface area contributed by atoms with Gasteiger partial charge in [-0.05, 0) is 61.4 Å². The van der Waals surface area contributed by atoms with Crippen molar-refractivity contribution in [2.24, 2.45) is 0 Å². The zero-order valence-electron chi connectivity index (χ0n) is 13.5. The molecule has 24 heavy (non-hydrogen) atoms. The van der Waals surface area contributed by atoms with Crippen LogP contribution in [0.1, 0.15) is 18.1 Å². The smallest absolute Gasteiger partial charge is 0.266 e. The number of nitrogens with zero attached hydrogens (tertiary/aromatic N) is 1. The molecule has 4 nitrogen and oxygen atoms in total. The van der Waals surface area contributed by atoms with Crippen LogP contribution in [0.3, 0.4) is 0 Å². The predicted octanol–water partition coefficient (Wildman–Crippen LogP) is 4.70. The maximum absolute atomic E-state index is 12.3. The maximum atomic E-state index is 12.3. The van der Waals surface area contributed by atoms with E-state index in [2.05, 4.69) is 21.2 Å². The molecule has 0 aliphatic carbocycles. The van der Waals surface area contributed by atoms with E-state index < -0.39 is 5.91 Å². The number of halogens is 1. The topological polar surface area (TPSA) is 62.1 Å². The Morgan fingerprint density at radius 2 is 2.00 bits per heavy atom. The minimum atomic E-state index is -0.434. The molecule has 2 rings (SSSR count). The van der Waals surface area contributed by atoms with Crippen LogP contribution < -0.4 is 10.1 Å². The summed E-state index contributed by atoms with van der Waals surface area (Å²) in [5, 5.41) is 12.0. The number of rotatable bonds is 5. The number of amides is 1. The molecule has 0 unspecified atom stereocenters. The number of nitriles is 1. The van der Waals surface area contributed by atoms with E-state index in [-0.39, 0.29) is 5.57 Å². The number of carbonyl (C=O) groups is 1. The van der Waals surface area contributed by atoms with Gasteiger partial charge in [0.15, 0.2) is 0 Å². The van der Waals surface area contributed by atoms with Crippen LogP contribution in [0.15, 0.2) is 52.5 Å². The Bertz CT molecular complexity index is 805. The fourth-order valence-electron chi connectivity index (χ4n) is 2.10. The summed E-state index contributed by atoms with van der Waals surface area (Å²) in [6.45, 7) is 4.40. The second kappa shape index (κ2) is 8.32. The van der Waals surface area contributed by atoms with E-state index in [1.54, 1.807) is 36.4 Å². The molecule has 0 saturated carbocycles. The van der Waals surface area contributed by atoms with Gasteiger partial charge in [-0.3, -0.25) is 4.79 Å². The largest absolute Gasteiger partial charge is 0.494 e. The minimum absolute atomic E-state index is 0.0430. The highest BCUT2D eigenvalue weighted by molar-refractivity contribution is 9.10. The first-order valence-corrected chi connectivity index (χ1v) is 8.25. The summed E-state index contributed by atoms with van der Waals surface area (Å²) in [6.07, 6.45) is 1.55. The number of ether oxygens (including phenoxy) is 1. The molecule has 0 atom stereocenters. The third kappa shape index (κ3) is 4.71. The normalized spacial score (nSPS) is 10.8. The molecule has 0 aliphatic rings. The molecule has 0 fully saturated rings. The van der Waals surface area contributed by atoms with Gasteiger partial charge in [0, 0.05) is 10.2 Å². The monoisotopic (exact) mass is 384 g/mol. The third-order valence-corrected chi connectivity index (χ3v) is 3.80. The SMILES string of the molecule is CCOc1ccc(/C=C(\C#N)C(=O)Nc2ccc(Br)cc2C)cc1. The van der Waals surface area contributed by atoms with Crippen LogP contribution in [0.4, 0.5) is 5.69 Å². The second-order valence-electron chi connectivity index (χ2n) is 5.09. The molecule has 1 N–H and O–H groups in total. The molecular formula is C19H17BrN2O2. The average Bonchev–Trinajstić information content (AvgIpc) is 2.57. The summed E-state index contributed by atoms with van der Waals surface area (Å²) in [6, 6.07) is 14.7. The van der Waals surface area contributed by atoms with Crippen LogP contribution in [0.25, 0.3) is 6.08 Å². The minimum Gasteiger partial charge on any atom is -0.494 e. The molecule has 0 saturated heterocycles. The van der Waals surface area contributed by atoms with Gasteiger partial charge in [-0.15, -0.1) is 0 Å². The lowest BCUT2D eigenvalue weighted by molar-refractivity contribution is -0.112. The summed E-state index contributed by atoms with van der Waals surface area (Å²) in [7, 11) is 0. The maximum Gasteiger partial charge on any atom is 0.266 e. The quantitative estimate of drug-likeness (QED) is 0.599. The molecule has 5 heteroatoms. The van der Waals surface area contributed by atoms with Gasteiger partial charge in [-0.25, -0.2) is 0 Å². The zero-order chi connectivity index (χ0) is 17.5. The van der Waals surface area contributed by atoms with Gasteiger partial charge in [-0.2, -0.15) is 5.26 Å². The molecule has 0 spiro atoms. The van der Waals surface area contributed by atoms with Gasteiger partial charge in [0.05, 0.1) is 6.61 Å². The van der Waals surface area contributed by atoms with Gasteiger partial charge < -0.3 is 10.1 Å². The first-order chi connectivity index (χ1) is 11.5. The highest BCUT2D eigenvalue weighted by Gasteiger charge is 2.11. The molecule has 0 aromatic heterocycles. The highest BCUT2D eigenvalue weighted by atomic mass is 79.9. The van der Waals surface area contributed by atoms with Gasteiger partial charge in [0.1, 0.15) is 17.4 Å². The number of aryl methyl sites for hydroxylation is 1. The zero-order valence-corrected chi connectivity index (χ0v) is 15.1. The first-order valence-electron chi connectivity index (χ1n) is 7.45. The fraction of sp³-hybridized carbons (Fsp3) is 0.158. The molecule has 0 bridgehead atoms. The van der Waals surface area contributed by atoms with Crippen LogP contribution in [0.2, 0.25) is 0 Å². The van der Waals surface area contributed by atoms with Crippen molar-refractivity contribution in [3.63, 3.8) is 0 Å². The van der Waals surface area contributed by atoms with Crippen molar-refractivity contribution in [2.75, 3.05) is 11.9 Å². The van der Waals surface area contributed by atoms with Crippen molar-refractivity contribution in [3.05, 3.63) is 63.6 Å². The Labute approximate surface area is 149 Å². The van der Waals surface area contributed by atoms with Gasteiger partial charge >= 0.3 is 0 Å². The Morgan fingerprint density at radius 3 is 2.58 bits per heavy atom. The molecular weight excluding hydrogens is 368 g/mol. The standard InChI is InChI=1S/C19H17BrN2O2/c1-3-24-17-7-4-14(5-8-17)11-15(12-21)19(23)22-18-9-6-16(20)10-13(18)2/h4-11H,3H2,1-2H3,(H,22,23)/b15-11+. The Balaban J connectivity index is 2.17. The molecule has 1 amide bonds. The number of nitrogens with one attached hydrogen (secondary N) is 1. The van der Waals surface area contributed by atoms with Crippen molar-refractivity contribution in [3.8, 4) is 11.8 Å². The molecule has 2 aromatic rings. The summed E-state index contributed by atoms with van der Waals surface area (Å²) >= 11 is 3.38. The third-order valence-electron chi connectivity index (χ3n) is 3.30. The van der Waals surface area contributed by atoms with Crippen molar-refractivity contribution in [2.45, 2.75) is 13.8 Å². The van der Waals surface area contributed by atoms with Crippen LogP contribution in [-0.4, -0.2) is 12.5 Å². The van der Waals surface area contributed by atoms with E-state index in [0.29, 0.717) is 12.3 Å². The van der Waals surface area contributed by atoms with E-state index >= 15 is 0 Å². The van der Waals surface area contributed by atoms with Crippen molar-refractivity contribution >= 4 is 33.6 Å². The fourth-order valence-corrected chi connectivity index (χ4v) is 2.57. The van der Waals surface area contributed by atoms with E-state index in [0.717, 1.165) is 21.3 Å². The molecule has 2 aromatic carbocycles. The predicted molar refractivity (Wildman–Crippen MR) is 98.7 cm³/mol. The molecule has 0 heterocycles. The summed E-state index contributed by atoms with van der Waals surface area (Å²) in [5.41, 5.74) is 2.39. The second-order valence-corrected chi connectivity index (χ2v) is 6.00. The molecule has 122 valence electrons. The average molecular weight is 385 g/mol. The van der Waals surface area contributed by atoms with Gasteiger partial charge in [0.2, 0.25) is 0 Å². The number of hydrogen-bond donors (Lipinski definition) is 1. The highest BCUT2D eigenvalue weighted by Crippen LogP contribution is 2.21. The lowest BCUT2D eigenvalue weighted by Crippen LogP contribution is -2.14. The van der Waals surface area contributed by atoms with E-state index in [1.807, 2.05) is 32.0 Å². The van der Waals surface area contributed by atoms with Crippen molar-refractivity contribution in [1.82, 2.24) is 0 Å². The molecule has 0 radical (unpaired) electrons. The van der Waals surface area contributed by atoms with E-state index in [4.69, 9.17) is 4.74 Å². The lowest BCUT2D eigenvalue weighted by atomic mass is 10.1. The Kier molecular flexibility index (Phi) is 6.16. The van der Waals surface area contributed by atoms with Crippen molar-refractivity contribution < 1.29 is 9.53 Å². The van der Waals surface area contributed by atoms with Crippen molar-refractivity contribution in [1.29, 1.82) is 5.26 Å². The van der Waals surface area contributed by atoms with Gasteiger partial charge in [-0.1, -0.05) is 28.1 Å². The van der Waals surface area contributed by atoms with Crippen LogP contribution in [0, 0.1) is 18.3 Å². The number of hydrogen-bond acceptors (Lipinski definition) is 3. The summed E-state index contributed by atoms with van der Waals surface area (Å²) < 4.78 is 6.31. The van der Waals surface area contributed by atoms with Crippen LogP contribution in [-0.2, 0) is 4.79 Å². The Morgan fingerprint density at radius 1 is 1.29 bits per heavy atom. The van der Waals surface area contributed by atoms with E-state index in [1.165, 1.54) is 0 Å². The number of benzene rings is 2.